The maximum Gasteiger partial charge on any atom is 0.287 e. The van der Waals surface area contributed by atoms with Crippen LogP contribution in [0.1, 0.15) is 5.56 Å². The average molecular weight is 239 g/mol. The molecule has 0 bridgehead atoms. The van der Waals surface area contributed by atoms with Crippen LogP contribution in [0.25, 0.3) is 0 Å². The number of nitrogens with zero attached hydrogens (tertiary/aromatic N) is 2. The molecule has 0 radical (unpaired) electrons. The van der Waals surface area contributed by atoms with Crippen molar-refractivity contribution >= 4 is 21.7 Å². The van der Waals surface area contributed by atoms with E-state index in [1.807, 2.05) is 6.07 Å². The van der Waals surface area contributed by atoms with Crippen molar-refractivity contribution < 1.29 is 8.42 Å². The summed E-state index contributed by atoms with van der Waals surface area (Å²) in [6.45, 7) is 1.76. The summed E-state index contributed by atoms with van der Waals surface area (Å²) in [5.74, 6) is 0.332. The van der Waals surface area contributed by atoms with Crippen molar-refractivity contribution in [2.75, 3.05) is 19.4 Å². The number of benzene rings is 1. The van der Waals surface area contributed by atoms with Crippen molar-refractivity contribution in [2.45, 2.75) is 11.8 Å². The molecule has 1 aromatic carbocycles. The zero-order valence-corrected chi connectivity index (χ0v) is 10.2. The second-order valence-corrected chi connectivity index (χ2v) is 5.40. The number of hydrogen-bond donors (Lipinski definition) is 1. The van der Waals surface area contributed by atoms with Gasteiger partial charge >= 0.3 is 0 Å². The van der Waals surface area contributed by atoms with Crippen LogP contribution < -0.4 is 5.32 Å². The van der Waals surface area contributed by atoms with Gasteiger partial charge < -0.3 is 10.2 Å². The molecule has 0 spiro atoms. The first-order valence-corrected chi connectivity index (χ1v) is 6.25. The highest BCUT2D eigenvalue weighted by Crippen LogP contribution is 2.30. The fourth-order valence-corrected chi connectivity index (χ4v) is 2.99. The first-order valence-electron chi connectivity index (χ1n) is 4.81. The molecule has 2 rings (SSSR count). The summed E-state index contributed by atoms with van der Waals surface area (Å²) in [6, 6.07) is 5.31. The Morgan fingerprint density at radius 2 is 2.00 bits per heavy atom. The predicted molar refractivity (Wildman–Crippen MR) is 63.1 cm³/mol. The molecular weight excluding hydrogens is 226 g/mol. The lowest BCUT2D eigenvalue weighted by molar-refractivity contribution is 0.588. The van der Waals surface area contributed by atoms with Crippen molar-refractivity contribution in [3.63, 3.8) is 0 Å². The fraction of sp³-hybridized carbons (Fsp3) is 0.300. The number of fused-ring (bicyclic) bond motifs is 1. The Bertz CT molecular complexity index is 561. The predicted octanol–water partition coefficient (Wildman–Crippen LogP) is 1.03. The van der Waals surface area contributed by atoms with E-state index in [1.165, 1.54) is 0 Å². The molecule has 1 aliphatic rings. The zero-order chi connectivity index (χ0) is 11.9. The second kappa shape index (κ2) is 3.48. The quantitative estimate of drug-likeness (QED) is 0.734. The Balaban J connectivity index is 2.67. The molecule has 1 aromatic rings. The summed E-state index contributed by atoms with van der Waals surface area (Å²) in [5.41, 5.74) is 1.28. The van der Waals surface area contributed by atoms with Gasteiger partial charge in [-0.2, -0.15) is 8.42 Å². The monoisotopic (exact) mass is 239 g/mol. The van der Waals surface area contributed by atoms with E-state index < -0.39 is 10.0 Å². The van der Waals surface area contributed by atoms with Crippen molar-refractivity contribution in [3.8, 4) is 0 Å². The van der Waals surface area contributed by atoms with E-state index in [9.17, 15) is 8.42 Å². The van der Waals surface area contributed by atoms with E-state index >= 15 is 0 Å². The van der Waals surface area contributed by atoms with Gasteiger partial charge in [0.1, 0.15) is 4.90 Å². The minimum Gasteiger partial charge on any atom is -0.348 e. The van der Waals surface area contributed by atoms with Gasteiger partial charge in [0, 0.05) is 14.1 Å². The van der Waals surface area contributed by atoms with E-state index in [-0.39, 0.29) is 4.90 Å². The van der Waals surface area contributed by atoms with Crippen molar-refractivity contribution in [1.82, 2.24) is 4.90 Å². The molecule has 0 unspecified atom stereocenters. The number of sulfonamides is 1. The lowest BCUT2D eigenvalue weighted by atomic mass is 10.2. The van der Waals surface area contributed by atoms with Crippen LogP contribution in [0.3, 0.4) is 0 Å². The zero-order valence-electron chi connectivity index (χ0n) is 9.35. The third-order valence-electron chi connectivity index (χ3n) is 2.35. The Morgan fingerprint density at radius 3 is 2.62 bits per heavy atom. The van der Waals surface area contributed by atoms with E-state index in [2.05, 4.69) is 9.71 Å². The highest BCUT2D eigenvalue weighted by atomic mass is 32.2. The van der Waals surface area contributed by atoms with Gasteiger partial charge in [-0.25, -0.2) is 0 Å². The Kier molecular flexibility index (Phi) is 2.38. The summed E-state index contributed by atoms with van der Waals surface area (Å²) < 4.78 is 27.6. The smallest absolute Gasteiger partial charge is 0.287 e. The third-order valence-corrected chi connectivity index (χ3v) is 3.82. The van der Waals surface area contributed by atoms with Gasteiger partial charge in [-0.1, -0.05) is 12.1 Å². The number of rotatable bonds is 0. The number of nitrogens with one attached hydrogen (secondary N) is 1. The molecule has 0 saturated heterocycles. The van der Waals surface area contributed by atoms with Crippen LogP contribution in [-0.2, 0) is 10.0 Å². The van der Waals surface area contributed by atoms with Crippen LogP contribution in [0.5, 0.6) is 0 Å². The number of anilines is 1. The molecule has 86 valence electrons. The largest absolute Gasteiger partial charge is 0.348 e. The van der Waals surface area contributed by atoms with Gasteiger partial charge in [0.25, 0.3) is 10.0 Å². The molecule has 1 heterocycles. The van der Waals surface area contributed by atoms with Gasteiger partial charge in [0.2, 0.25) is 5.96 Å². The van der Waals surface area contributed by atoms with Crippen molar-refractivity contribution in [3.05, 3.63) is 23.8 Å². The molecule has 0 aliphatic carbocycles. The first kappa shape index (κ1) is 10.9. The number of aryl methyl sites for hydroxylation is 1. The van der Waals surface area contributed by atoms with Gasteiger partial charge in [-0.15, -0.1) is 4.40 Å². The van der Waals surface area contributed by atoms with Crippen LogP contribution >= 0.6 is 0 Å². The summed E-state index contributed by atoms with van der Waals surface area (Å²) in [7, 11) is -0.107. The molecule has 1 N–H and O–H groups in total. The summed E-state index contributed by atoms with van der Waals surface area (Å²) in [4.78, 5) is 1.89. The van der Waals surface area contributed by atoms with Crippen molar-refractivity contribution in [2.24, 2.45) is 4.40 Å². The molecule has 0 atom stereocenters. The summed E-state index contributed by atoms with van der Waals surface area (Å²) in [5, 5.41) is 2.99. The molecular formula is C10H13N3O2S. The number of hydrogen-bond acceptors (Lipinski definition) is 4. The highest BCUT2D eigenvalue weighted by Gasteiger charge is 2.27. The normalized spacial score (nSPS) is 17.1. The van der Waals surface area contributed by atoms with E-state index in [0.29, 0.717) is 17.2 Å². The van der Waals surface area contributed by atoms with Crippen LogP contribution in [0.4, 0.5) is 5.69 Å². The van der Waals surface area contributed by atoms with Crippen LogP contribution in [0.2, 0.25) is 0 Å². The Hall–Kier alpha value is -1.56. The summed E-state index contributed by atoms with van der Waals surface area (Å²) >= 11 is 0. The highest BCUT2D eigenvalue weighted by molar-refractivity contribution is 7.90. The van der Waals surface area contributed by atoms with Gasteiger partial charge in [0.05, 0.1) is 5.69 Å². The summed E-state index contributed by atoms with van der Waals surface area (Å²) in [6.07, 6.45) is 0. The standard InChI is InChI=1S/C10H13N3O2S/c1-7-5-4-6-8-9(7)16(14,15)12-10(11-8)13(2)3/h4-6H,1-3H3,(H,11,12). The molecule has 0 saturated carbocycles. The van der Waals surface area contributed by atoms with Crippen molar-refractivity contribution in [1.29, 1.82) is 0 Å². The maximum absolute atomic E-state index is 12.0. The first-order chi connectivity index (χ1) is 7.42. The minimum absolute atomic E-state index is 0.264. The molecule has 16 heavy (non-hydrogen) atoms. The molecule has 0 aromatic heterocycles. The van der Waals surface area contributed by atoms with Crippen LogP contribution in [0, 0.1) is 6.92 Å². The van der Waals surface area contributed by atoms with E-state index in [0.717, 1.165) is 0 Å². The average Bonchev–Trinajstić information content (AvgIpc) is 2.15. The van der Waals surface area contributed by atoms with Gasteiger partial charge in [-0.3, -0.25) is 0 Å². The van der Waals surface area contributed by atoms with E-state index in [4.69, 9.17) is 0 Å². The van der Waals surface area contributed by atoms with Gasteiger partial charge in [-0.05, 0) is 18.6 Å². The molecule has 6 heteroatoms. The topological polar surface area (TPSA) is 61.8 Å². The fourth-order valence-electron chi connectivity index (χ4n) is 1.59. The van der Waals surface area contributed by atoms with Crippen LogP contribution in [-0.4, -0.2) is 33.4 Å². The third kappa shape index (κ3) is 1.65. The lowest BCUT2D eigenvalue weighted by Gasteiger charge is -2.23. The maximum atomic E-state index is 12.0. The Morgan fingerprint density at radius 1 is 1.31 bits per heavy atom. The second-order valence-electron chi connectivity index (χ2n) is 3.86. The molecule has 1 aliphatic heterocycles. The Labute approximate surface area is 94.9 Å². The number of guanidine groups is 1. The lowest BCUT2D eigenvalue weighted by Crippen LogP contribution is -2.33. The van der Waals surface area contributed by atoms with Crippen LogP contribution in [0.15, 0.2) is 27.5 Å². The van der Waals surface area contributed by atoms with E-state index in [1.54, 1.807) is 38.1 Å². The SMILES string of the molecule is Cc1cccc2c1S(=O)(=O)N=C(N(C)C)N2. The van der Waals surface area contributed by atoms with Gasteiger partial charge in [0.15, 0.2) is 0 Å². The molecule has 0 fully saturated rings. The molecule has 0 amide bonds. The molecule has 5 nitrogen and oxygen atoms in total. The minimum atomic E-state index is -3.58.